The van der Waals surface area contributed by atoms with Gasteiger partial charge in [0.25, 0.3) is 0 Å². The number of amides is 1. The molecule has 3 N–H and O–H groups in total. The van der Waals surface area contributed by atoms with Gasteiger partial charge in [-0.1, -0.05) is 36.4 Å². The second kappa shape index (κ2) is 4.43. The molecule has 106 valence electrons. The Morgan fingerprint density at radius 2 is 2.14 bits per heavy atom. The first kappa shape index (κ1) is 12.6. The summed E-state index contributed by atoms with van der Waals surface area (Å²) < 4.78 is 0. The molecule has 3 nitrogen and oxygen atoms in total. The summed E-state index contributed by atoms with van der Waals surface area (Å²) in [5.74, 6) is 0.637. The van der Waals surface area contributed by atoms with Crippen molar-refractivity contribution in [2.45, 2.75) is 25.8 Å². The number of hydrogen-bond acceptors (Lipinski definition) is 2. The van der Waals surface area contributed by atoms with Gasteiger partial charge in [-0.05, 0) is 41.2 Å². The van der Waals surface area contributed by atoms with Crippen LogP contribution in [0.5, 0.6) is 0 Å². The Hall–Kier alpha value is -2.13. The highest BCUT2D eigenvalue weighted by Gasteiger charge is 2.48. The summed E-state index contributed by atoms with van der Waals surface area (Å²) in [5, 5.41) is 3.05. The zero-order valence-electron chi connectivity index (χ0n) is 12.0. The molecule has 0 bridgehead atoms. The lowest BCUT2D eigenvalue weighted by atomic mass is 9.56. The van der Waals surface area contributed by atoms with E-state index in [4.69, 9.17) is 5.73 Å². The van der Waals surface area contributed by atoms with Crippen LogP contribution in [-0.4, -0.2) is 11.9 Å². The summed E-state index contributed by atoms with van der Waals surface area (Å²) in [6.45, 7) is 1.99. The molecule has 0 saturated carbocycles. The molecule has 1 amide bonds. The molecular formula is C18H18N2O. The van der Waals surface area contributed by atoms with Gasteiger partial charge >= 0.3 is 0 Å². The topological polar surface area (TPSA) is 55.1 Å². The van der Waals surface area contributed by atoms with Gasteiger partial charge in [-0.2, -0.15) is 0 Å². The van der Waals surface area contributed by atoms with Crippen LogP contribution in [0.3, 0.4) is 0 Å². The molecule has 0 radical (unpaired) electrons. The number of carbonyl (C=O) groups excluding carboxylic acids is 1. The average molecular weight is 278 g/mol. The quantitative estimate of drug-likeness (QED) is 0.865. The highest BCUT2D eigenvalue weighted by Crippen LogP contribution is 2.59. The van der Waals surface area contributed by atoms with Crippen molar-refractivity contribution >= 4 is 5.91 Å². The van der Waals surface area contributed by atoms with Gasteiger partial charge < -0.3 is 11.1 Å². The lowest BCUT2D eigenvalue weighted by Crippen LogP contribution is -2.44. The predicted octanol–water partition coefficient (Wildman–Crippen LogP) is 2.00. The van der Waals surface area contributed by atoms with E-state index in [1.807, 2.05) is 19.1 Å². The van der Waals surface area contributed by atoms with E-state index in [2.05, 4.69) is 29.6 Å². The first-order chi connectivity index (χ1) is 10.1. The maximum Gasteiger partial charge on any atom is 0.228 e. The van der Waals surface area contributed by atoms with Gasteiger partial charge in [0.2, 0.25) is 5.91 Å². The van der Waals surface area contributed by atoms with E-state index in [0.717, 1.165) is 17.7 Å². The van der Waals surface area contributed by atoms with Crippen LogP contribution in [-0.2, 0) is 17.6 Å². The van der Waals surface area contributed by atoms with E-state index in [-0.39, 0.29) is 11.9 Å². The van der Waals surface area contributed by atoms with Crippen LogP contribution >= 0.6 is 0 Å². The summed E-state index contributed by atoms with van der Waals surface area (Å²) in [4.78, 5) is 12.2. The van der Waals surface area contributed by atoms with Crippen LogP contribution in [0.1, 0.15) is 18.1 Å². The number of rotatable bonds is 5. The molecule has 3 heteroatoms. The van der Waals surface area contributed by atoms with Gasteiger partial charge in [-0.25, -0.2) is 0 Å². The number of hydrogen-bond donors (Lipinski definition) is 2. The van der Waals surface area contributed by atoms with Crippen LogP contribution in [0.4, 0.5) is 0 Å². The van der Waals surface area contributed by atoms with Crippen molar-refractivity contribution in [3.05, 3.63) is 70.0 Å². The molecule has 0 aliphatic heterocycles. The van der Waals surface area contributed by atoms with Gasteiger partial charge in [0, 0.05) is 17.7 Å². The summed E-state index contributed by atoms with van der Waals surface area (Å²) in [5.41, 5.74) is 13.1. The van der Waals surface area contributed by atoms with E-state index in [0.29, 0.717) is 12.3 Å². The van der Waals surface area contributed by atoms with Gasteiger partial charge in [0.05, 0.1) is 6.42 Å². The molecular weight excluding hydrogens is 260 g/mol. The third-order valence-electron chi connectivity index (χ3n) is 4.36. The number of carbonyl (C=O) groups is 1. The lowest BCUT2D eigenvalue weighted by molar-refractivity contribution is -0.119. The Morgan fingerprint density at radius 1 is 1.33 bits per heavy atom. The molecule has 3 aliphatic rings. The Morgan fingerprint density at radius 3 is 2.76 bits per heavy atom. The molecule has 21 heavy (non-hydrogen) atoms. The van der Waals surface area contributed by atoms with E-state index in [1.165, 1.54) is 22.3 Å². The second-order valence-corrected chi connectivity index (χ2v) is 6.23. The molecule has 1 aromatic carbocycles. The zero-order valence-corrected chi connectivity index (χ0v) is 12.0. The van der Waals surface area contributed by atoms with Gasteiger partial charge in [-0.15, -0.1) is 0 Å². The number of allylic oxidation sites excluding steroid dienone is 5. The first-order valence-electron chi connectivity index (χ1n) is 7.43. The van der Waals surface area contributed by atoms with Gasteiger partial charge in [-0.3, -0.25) is 4.79 Å². The Labute approximate surface area is 124 Å². The SMILES string of the molecule is C[C@@H](N)Cc1cccc(CC(=O)NC2=C3C=C4C=C2C43)c1. The van der Waals surface area contributed by atoms with Gasteiger partial charge in [0.1, 0.15) is 0 Å². The van der Waals surface area contributed by atoms with Crippen molar-refractivity contribution in [3.63, 3.8) is 0 Å². The molecule has 0 spiro atoms. The minimum atomic E-state index is 0.0588. The molecule has 1 unspecified atom stereocenters. The molecule has 3 aliphatic carbocycles. The summed E-state index contributed by atoms with van der Waals surface area (Å²) >= 11 is 0. The summed E-state index contributed by atoms with van der Waals surface area (Å²) in [6, 6.07) is 8.27. The fourth-order valence-corrected chi connectivity index (χ4v) is 3.34. The van der Waals surface area contributed by atoms with Crippen LogP contribution in [0.25, 0.3) is 0 Å². The van der Waals surface area contributed by atoms with Crippen LogP contribution < -0.4 is 11.1 Å². The minimum Gasteiger partial charge on any atom is -0.328 e. The monoisotopic (exact) mass is 278 g/mol. The molecule has 0 aromatic heterocycles. The van der Waals surface area contributed by atoms with Crippen LogP contribution in [0.2, 0.25) is 0 Å². The Balaban J connectivity index is 1.41. The molecule has 0 heterocycles. The number of nitrogens with one attached hydrogen (secondary N) is 1. The number of benzene rings is 1. The third-order valence-corrected chi connectivity index (χ3v) is 4.36. The summed E-state index contributed by atoms with van der Waals surface area (Å²) in [6.07, 6.45) is 5.58. The van der Waals surface area contributed by atoms with Crippen molar-refractivity contribution in [2.75, 3.05) is 0 Å². The zero-order chi connectivity index (χ0) is 14.6. The van der Waals surface area contributed by atoms with Crippen molar-refractivity contribution in [1.29, 1.82) is 0 Å². The average Bonchev–Trinajstić information content (AvgIpc) is 2.39. The predicted molar refractivity (Wildman–Crippen MR) is 82.3 cm³/mol. The number of nitrogens with two attached hydrogens (primary N) is 1. The minimum absolute atomic E-state index is 0.0588. The molecule has 0 fully saturated rings. The second-order valence-electron chi connectivity index (χ2n) is 6.23. The lowest BCUT2D eigenvalue weighted by Gasteiger charge is -2.50. The molecule has 2 atom stereocenters. The fraction of sp³-hybridized carbons (Fsp3) is 0.278. The van der Waals surface area contributed by atoms with Crippen molar-refractivity contribution < 1.29 is 4.79 Å². The molecule has 0 saturated heterocycles. The van der Waals surface area contributed by atoms with Crippen molar-refractivity contribution in [1.82, 2.24) is 5.32 Å². The van der Waals surface area contributed by atoms with Crippen molar-refractivity contribution in [2.24, 2.45) is 11.7 Å². The summed E-state index contributed by atoms with van der Waals surface area (Å²) in [7, 11) is 0. The third kappa shape index (κ3) is 1.96. The van der Waals surface area contributed by atoms with Crippen LogP contribution in [0.15, 0.2) is 58.8 Å². The maximum atomic E-state index is 12.2. The highest BCUT2D eigenvalue weighted by molar-refractivity contribution is 5.87. The fourth-order valence-electron chi connectivity index (χ4n) is 3.34. The van der Waals surface area contributed by atoms with E-state index in [1.54, 1.807) is 0 Å². The van der Waals surface area contributed by atoms with Crippen molar-refractivity contribution in [3.8, 4) is 0 Å². The standard InChI is InChI=1S/C18H18N2O/c1-10(19)5-11-3-2-4-12(6-11)7-16(21)20-18-14-8-13-9-15(18)17(13)14/h2-4,6,8-10,17H,5,7,19H2,1H3,(H,20,21)/t10-/m1/s1. The Kier molecular flexibility index (Phi) is 2.66. The normalized spacial score (nSPS) is 22.1. The largest absolute Gasteiger partial charge is 0.328 e. The Bertz CT molecular complexity index is 735. The van der Waals surface area contributed by atoms with Gasteiger partial charge in [0.15, 0.2) is 0 Å². The molecule has 1 aromatic rings. The van der Waals surface area contributed by atoms with E-state index < -0.39 is 0 Å². The van der Waals surface area contributed by atoms with E-state index in [9.17, 15) is 4.79 Å². The highest BCUT2D eigenvalue weighted by atomic mass is 16.1. The smallest absolute Gasteiger partial charge is 0.228 e. The van der Waals surface area contributed by atoms with E-state index >= 15 is 0 Å². The first-order valence-corrected chi connectivity index (χ1v) is 7.43. The maximum absolute atomic E-state index is 12.2. The molecule has 4 rings (SSSR count). The van der Waals surface area contributed by atoms with Crippen LogP contribution in [0, 0.1) is 5.92 Å².